The van der Waals surface area contributed by atoms with Crippen molar-refractivity contribution in [2.75, 3.05) is 14.2 Å². The zero-order chi connectivity index (χ0) is 31.2. The molecule has 11 heteroatoms. The molecule has 2 aliphatic rings. The number of benzene rings is 4. The van der Waals surface area contributed by atoms with Gasteiger partial charge in [0, 0.05) is 56.6 Å². The van der Waals surface area contributed by atoms with Gasteiger partial charge in [-0.05, 0) is 37.6 Å². The molecule has 216 valence electrons. The minimum Gasteiger partial charge on any atom is -0.507 e. The van der Waals surface area contributed by atoms with Crippen LogP contribution in [0.1, 0.15) is 74.8 Å². The fourth-order valence-corrected chi connectivity index (χ4v) is 5.81. The van der Waals surface area contributed by atoms with Gasteiger partial charge in [0.15, 0.2) is 23.1 Å². The van der Waals surface area contributed by atoms with Crippen molar-refractivity contribution in [3.63, 3.8) is 0 Å². The fourth-order valence-electron chi connectivity index (χ4n) is 5.81. The molecule has 0 spiro atoms. The number of phenolic OH excluding ortho intramolecular Hbond substituents is 5. The fraction of sp³-hybridized carbons (Fsp3) is 0.125. The molecule has 0 amide bonds. The predicted molar refractivity (Wildman–Crippen MR) is 149 cm³/mol. The number of phenols is 5. The second-order valence-corrected chi connectivity index (χ2v) is 10.2. The SMILES string of the molecule is COc1cc(O)c2c(c1)C(=O)c1cc(C)c(O)c(-c3c(O)c(C)c(O)c4c3C(=O)c3c(O)cc(OC)cc3C4=O)c1C2=O. The summed E-state index contributed by atoms with van der Waals surface area (Å²) < 4.78 is 10.2. The Hall–Kier alpha value is -5.84. The summed E-state index contributed by atoms with van der Waals surface area (Å²) >= 11 is 0. The number of methoxy groups -OCH3 is 2. The maximum atomic E-state index is 14.1. The van der Waals surface area contributed by atoms with Crippen molar-refractivity contribution >= 4 is 23.1 Å². The molecule has 43 heavy (non-hydrogen) atoms. The van der Waals surface area contributed by atoms with E-state index in [0.717, 1.165) is 12.1 Å². The molecule has 0 saturated heterocycles. The Morgan fingerprint density at radius 3 is 1.44 bits per heavy atom. The van der Waals surface area contributed by atoms with Gasteiger partial charge >= 0.3 is 0 Å². The highest BCUT2D eigenvalue weighted by Crippen LogP contribution is 2.53. The number of fused-ring (bicyclic) bond motifs is 4. The van der Waals surface area contributed by atoms with E-state index in [4.69, 9.17) is 9.47 Å². The van der Waals surface area contributed by atoms with Gasteiger partial charge in [0.05, 0.1) is 30.9 Å². The molecule has 0 aromatic heterocycles. The van der Waals surface area contributed by atoms with Gasteiger partial charge in [-0.2, -0.15) is 0 Å². The molecular weight excluding hydrogens is 560 g/mol. The zero-order valence-electron chi connectivity index (χ0n) is 23.1. The molecule has 0 heterocycles. The highest BCUT2D eigenvalue weighted by Gasteiger charge is 2.43. The molecule has 0 atom stereocenters. The Balaban J connectivity index is 1.75. The van der Waals surface area contributed by atoms with Crippen LogP contribution in [0.3, 0.4) is 0 Å². The van der Waals surface area contributed by atoms with Crippen LogP contribution >= 0.6 is 0 Å². The minimum atomic E-state index is -1.01. The Morgan fingerprint density at radius 1 is 0.465 bits per heavy atom. The van der Waals surface area contributed by atoms with Gasteiger partial charge in [0.25, 0.3) is 0 Å². The Kier molecular flexibility index (Phi) is 5.77. The van der Waals surface area contributed by atoms with Crippen LogP contribution in [0.25, 0.3) is 11.1 Å². The molecule has 4 aromatic rings. The summed E-state index contributed by atoms with van der Waals surface area (Å²) in [6, 6.07) is 5.97. The van der Waals surface area contributed by atoms with Crippen molar-refractivity contribution < 1.29 is 54.2 Å². The molecule has 0 saturated carbocycles. The highest BCUT2D eigenvalue weighted by molar-refractivity contribution is 6.35. The first kappa shape index (κ1) is 27.3. The van der Waals surface area contributed by atoms with E-state index in [1.165, 1.54) is 46.3 Å². The van der Waals surface area contributed by atoms with Crippen molar-refractivity contribution in [3.8, 4) is 51.4 Å². The smallest absolute Gasteiger partial charge is 0.199 e. The third kappa shape index (κ3) is 3.48. The zero-order valence-corrected chi connectivity index (χ0v) is 23.1. The summed E-state index contributed by atoms with van der Waals surface area (Å²) in [7, 11) is 2.60. The van der Waals surface area contributed by atoms with Gasteiger partial charge < -0.3 is 35.0 Å². The number of hydrogen-bond donors (Lipinski definition) is 5. The molecule has 0 aliphatic heterocycles. The van der Waals surface area contributed by atoms with Gasteiger partial charge in [-0.3, -0.25) is 19.2 Å². The van der Waals surface area contributed by atoms with Crippen LogP contribution < -0.4 is 9.47 Å². The predicted octanol–water partition coefficient (Wildman–Crippen LogP) is 4.07. The first-order valence-electron chi connectivity index (χ1n) is 12.8. The van der Waals surface area contributed by atoms with Crippen molar-refractivity contribution in [2.24, 2.45) is 0 Å². The van der Waals surface area contributed by atoms with E-state index in [-0.39, 0.29) is 39.3 Å². The maximum Gasteiger partial charge on any atom is 0.199 e. The summed E-state index contributed by atoms with van der Waals surface area (Å²) in [4.78, 5) is 55.6. The third-order valence-electron chi connectivity index (χ3n) is 7.95. The van der Waals surface area contributed by atoms with Gasteiger partial charge in [0.2, 0.25) is 0 Å². The topological polar surface area (TPSA) is 188 Å². The number of rotatable bonds is 3. The Bertz CT molecular complexity index is 2030. The molecular formula is C32H22O11. The van der Waals surface area contributed by atoms with E-state index in [1.807, 2.05) is 0 Å². The second kappa shape index (κ2) is 9.08. The highest BCUT2D eigenvalue weighted by atomic mass is 16.5. The largest absolute Gasteiger partial charge is 0.507 e. The van der Waals surface area contributed by atoms with Crippen molar-refractivity contribution in [2.45, 2.75) is 13.8 Å². The van der Waals surface area contributed by atoms with Crippen LogP contribution in [0, 0.1) is 13.8 Å². The lowest BCUT2D eigenvalue weighted by Crippen LogP contribution is -2.25. The Morgan fingerprint density at radius 2 is 0.907 bits per heavy atom. The summed E-state index contributed by atoms with van der Waals surface area (Å²) in [5.74, 6) is -6.71. The first-order chi connectivity index (χ1) is 20.3. The average Bonchev–Trinajstić information content (AvgIpc) is 2.97. The van der Waals surface area contributed by atoms with Crippen LogP contribution in [-0.2, 0) is 0 Å². The quantitative estimate of drug-likeness (QED) is 0.202. The standard InChI is InChI=1S/C32H22O11/c1-10-5-14-21(31(40)19-15(29(14)38)6-12(42-3)8-17(19)33)22(26(10)35)23-24-25(28(37)11(2)27(23)36)30(39)16-7-13(43-4)9-18(34)20(16)32(24)41/h5-9,33-37H,1-4H3. The van der Waals surface area contributed by atoms with E-state index in [1.54, 1.807) is 0 Å². The lowest BCUT2D eigenvalue weighted by Gasteiger charge is -2.28. The molecule has 0 fully saturated rings. The van der Waals surface area contributed by atoms with Crippen LogP contribution in [0.2, 0.25) is 0 Å². The monoisotopic (exact) mass is 582 g/mol. The first-order valence-corrected chi connectivity index (χ1v) is 12.8. The van der Waals surface area contributed by atoms with E-state index < -0.39 is 90.8 Å². The minimum absolute atomic E-state index is 0.0562. The summed E-state index contributed by atoms with van der Waals surface area (Å²) in [6.07, 6.45) is 0. The molecule has 0 unspecified atom stereocenters. The lowest BCUT2D eigenvalue weighted by molar-refractivity contribution is 0.0973. The number of aromatic hydroxyl groups is 5. The number of aryl methyl sites for hydroxylation is 1. The molecule has 5 N–H and O–H groups in total. The third-order valence-corrected chi connectivity index (χ3v) is 7.95. The average molecular weight is 583 g/mol. The number of ether oxygens (including phenoxy) is 2. The molecule has 0 bridgehead atoms. The molecule has 6 rings (SSSR count). The van der Waals surface area contributed by atoms with E-state index in [2.05, 4.69) is 0 Å². The van der Waals surface area contributed by atoms with E-state index in [9.17, 15) is 44.7 Å². The van der Waals surface area contributed by atoms with Gasteiger partial charge in [-0.1, -0.05) is 0 Å². The summed E-state index contributed by atoms with van der Waals surface area (Å²) in [5.41, 5.74) is -4.29. The lowest BCUT2D eigenvalue weighted by atomic mass is 9.74. The van der Waals surface area contributed by atoms with Gasteiger partial charge in [-0.25, -0.2) is 0 Å². The van der Waals surface area contributed by atoms with Crippen molar-refractivity contribution in [1.82, 2.24) is 0 Å². The second-order valence-electron chi connectivity index (χ2n) is 10.2. The number of carbonyl (C=O) groups excluding carboxylic acids is 4. The molecule has 11 nitrogen and oxygen atoms in total. The number of ketones is 4. The van der Waals surface area contributed by atoms with Gasteiger partial charge in [0.1, 0.15) is 40.2 Å². The van der Waals surface area contributed by atoms with Crippen molar-refractivity contribution in [3.05, 3.63) is 86.0 Å². The number of hydrogen-bond acceptors (Lipinski definition) is 11. The van der Waals surface area contributed by atoms with Gasteiger partial charge in [-0.15, -0.1) is 0 Å². The summed E-state index contributed by atoms with van der Waals surface area (Å²) in [6.45, 7) is 2.68. The van der Waals surface area contributed by atoms with E-state index in [0.29, 0.717) is 0 Å². The van der Waals surface area contributed by atoms with E-state index >= 15 is 0 Å². The Labute approximate surface area is 242 Å². The normalized spacial score (nSPS) is 13.3. The van der Waals surface area contributed by atoms with Crippen LogP contribution in [0.4, 0.5) is 0 Å². The van der Waals surface area contributed by atoms with Crippen LogP contribution in [0.5, 0.6) is 40.2 Å². The maximum absolute atomic E-state index is 14.1. The van der Waals surface area contributed by atoms with Crippen molar-refractivity contribution in [1.29, 1.82) is 0 Å². The number of carbonyl (C=O) groups is 4. The molecule has 2 aliphatic carbocycles. The van der Waals surface area contributed by atoms with Crippen LogP contribution in [0.15, 0.2) is 30.3 Å². The molecule has 4 aromatic carbocycles. The van der Waals surface area contributed by atoms with Crippen LogP contribution in [-0.4, -0.2) is 62.9 Å². The summed E-state index contributed by atoms with van der Waals surface area (Å²) in [5, 5.41) is 55.2. The molecule has 0 radical (unpaired) electrons.